The summed E-state index contributed by atoms with van der Waals surface area (Å²) in [4.78, 5) is 5.66. The highest BCUT2D eigenvalue weighted by atomic mass is 15.2. The number of pyridine rings is 1. The summed E-state index contributed by atoms with van der Waals surface area (Å²) in [5, 5.41) is 6.91. The van der Waals surface area contributed by atoms with E-state index in [9.17, 15) is 0 Å². The number of anilines is 1. The minimum Gasteiger partial charge on any atom is -0.321 e. The van der Waals surface area contributed by atoms with Crippen molar-refractivity contribution in [2.24, 2.45) is 0 Å². The van der Waals surface area contributed by atoms with Gasteiger partial charge >= 0.3 is 0 Å². The highest BCUT2D eigenvalue weighted by Crippen LogP contribution is 2.02. The monoisotopic (exact) mass is 135 g/mol. The standard InChI is InChI=1S/C7H9N3/c1-10(6-8)7-4-2-3-5-9-7/h2-6,8H,1H3. The van der Waals surface area contributed by atoms with E-state index in [4.69, 9.17) is 5.41 Å². The smallest absolute Gasteiger partial charge is 0.133 e. The fourth-order valence-electron chi connectivity index (χ4n) is 0.629. The molecule has 0 radical (unpaired) electrons. The van der Waals surface area contributed by atoms with Gasteiger partial charge in [-0.05, 0) is 12.1 Å². The van der Waals surface area contributed by atoms with Crippen molar-refractivity contribution in [2.45, 2.75) is 0 Å². The second-order valence-corrected chi connectivity index (χ2v) is 1.93. The van der Waals surface area contributed by atoms with Crippen molar-refractivity contribution in [3.8, 4) is 0 Å². The third-order valence-corrected chi connectivity index (χ3v) is 1.20. The Bertz CT molecular complexity index is 207. The lowest BCUT2D eigenvalue weighted by Crippen LogP contribution is -2.14. The fourth-order valence-corrected chi connectivity index (χ4v) is 0.629. The Morgan fingerprint density at radius 3 is 2.90 bits per heavy atom. The lowest BCUT2D eigenvalue weighted by atomic mass is 10.4. The summed E-state index contributed by atoms with van der Waals surface area (Å²) in [6, 6.07) is 5.59. The van der Waals surface area contributed by atoms with Gasteiger partial charge in [0.25, 0.3) is 0 Å². The lowest BCUT2D eigenvalue weighted by molar-refractivity contribution is 1.17. The van der Waals surface area contributed by atoms with E-state index in [1.54, 1.807) is 18.1 Å². The van der Waals surface area contributed by atoms with Gasteiger partial charge < -0.3 is 4.90 Å². The molecule has 1 heterocycles. The Kier molecular flexibility index (Phi) is 1.99. The number of nitrogens with one attached hydrogen (secondary N) is 1. The summed E-state index contributed by atoms with van der Waals surface area (Å²) >= 11 is 0. The average molecular weight is 135 g/mol. The molecular weight excluding hydrogens is 126 g/mol. The Hall–Kier alpha value is -1.38. The molecule has 3 heteroatoms. The topological polar surface area (TPSA) is 40.0 Å². The molecule has 1 aromatic heterocycles. The molecule has 0 unspecified atom stereocenters. The molecule has 3 nitrogen and oxygen atoms in total. The van der Waals surface area contributed by atoms with E-state index in [0.29, 0.717) is 0 Å². The molecule has 52 valence electrons. The maximum atomic E-state index is 6.91. The summed E-state index contributed by atoms with van der Waals surface area (Å²) in [6.45, 7) is 0. The highest BCUT2D eigenvalue weighted by molar-refractivity contribution is 5.73. The third-order valence-electron chi connectivity index (χ3n) is 1.20. The molecule has 1 N–H and O–H groups in total. The Balaban J connectivity index is 2.84. The number of nitrogens with zero attached hydrogens (tertiary/aromatic N) is 2. The number of rotatable bonds is 2. The van der Waals surface area contributed by atoms with Crippen LogP contribution in [0.25, 0.3) is 0 Å². The first-order valence-corrected chi connectivity index (χ1v) is 2.99. The molecule has 0 aliphatic rings. The predicted octanol–water partition coefficient (Wildman–Crippen LogP) is 1.12. The van der Waals surface area contributed by atoms with Gasteiger partial charge in [0.1, 0.15) is 5.82 Å². The van der Waals surface area contributed by atoms with Crippen molar-refractivity contribution in [2.75, 3.05) is 11.9 Å². The molecule has 0 aliphatic heterocycles. The van der Waals surface area contributed by atoms with Crippen molar-refractivity contribution in [1.82, 2.24) is 4.98 Å². The van der Waals surface area contributed by atoms with Gasteiger partial charge in [0.05, 0.1) is 6.34 Å². The van der Waals surface area contributed by atoms with Gasteiger partial charge in [-0.2, -0.15) is 0 Å². The summed E-state index contributed by atoms with van der Waals surface area (Å²) < 4.78 is 0. The van der Waals surface area contributed by atoms with Gasteiger partial charge in [-0.1, -0.05) is 6.07 Å². The van der Waals surface area contributed by atoms with Crippen molar-refractivity contribution in [3.05, 3.63) is 24.4 Å². The van der Waals surface area contributed by atoms with E-state index >= 15 is 0 Å². The van der Waals surface area contributed by atoms with E-state index in [1.807, 2.05) is 18.2 Å². The molecule has 0 atom stereocenters. The van der Waals surface area contributed by atoms with E-state index in [1.165, 1.54) is 6.34 Å². The number of aromatic nitrogens is 1. The summed E-state index contributed by atoms with van der Waals surface area (Å²) in [6.07, 6.45) is 2.93. The zero-order valence-corrected chi connectivity index (χ0v) is 5.78. The van der Waals surface area contributed by atoms with Crippen molar-refractivity contribution < 1.29 is 0 Å². The summed E-state index contributed by atoms with van der Waals surface area (Å²) in [7, 11) is 1.79. The van der Waals surface area contributed by atoms with E-state index in [-0.39, 0.29) is 0 Å². The molecule has 0 aromatic carbocycles. The van der Waals surface area contributed by atoms with Crippen LogP contribution in [-0.4, -0.2) is 18.4 Å². The SMILES string of the molecule is CN(C=N)c1ccccn1. The second-order valence-electron chi connectivity index (χ2n) is 1.93. The Morgan fingerprint density at radius 2 is 2.40 bits per heavy atom. The molecule has 10 heavy (non-hydrogen) atoms. The molecule has 0 saturated heterocycles. The first-order valence-electron chi connectivity index (χ1n) is 2.99. The van der Waals surface area contributed by atoms with Crippen LogP contribution in [0.5, 0.6) is 0 Å². The molecule has 1 aromatic rings. The zero-order valence-electron chi connectivity index (χ0n) is 5.78. The molecule has 0 spiro atoms. The number of hydrogen-bond acceptors (Lipinski definition) is 2. The van der Waals surface area contributed by atoms with Gasteiger partial charge in [-0.15, -0.1) is 0 Å². The first-order chi connectivity index (χ1) is 4.84. The van der Waals surface area contributed by atoms with Gasteiger partial charge in [-0.3, -0.25) is 5.41 Å². The molecule has 0 bridgehead atoms. The average Bonchev–Trinajstić information content (AvgIpc) is 2.05. The van der Waals surface area contributed by atoms with Crippen LogP contribution in [0.2, 0.25) is 0 Å². The minimum absolute atomic E-state index is 0.789. The van der Waals surface area contributed by atoms with Crippen LogP contribution < -0.4 is 4.90 Å². The van der Waals surface area contributed by atoms with Crippen LogP contribution >= 0.6 is 0 Å². The maximum Gasteiger partial charge on any atom is 0.133 e. The zero-order chi connectivity index (χ0) is 7.40. The molecular formula is C7H9N3. The fraction of sp³-hybridized carbons (Fsp3) is 0.143. The second kappa shape index (κ2) is 2.96. The lowest BCUT2D eigenvalue weighted by Gasteiger charge is -2.08. The molecule has 0 saturated carbocycles. The van der Waals surface area contributed by atoms with E-state index in [0.717, 1.165) is 5.82 Å². The van der Waals surface area contributed by atoms with Crippen molar-refractivity contribution in [1.29, 1.82) is 5.41 Å². The predicted molar refractivity (Wildman–Crippen MR) is 41.4 cm³/mol. The van der Waals surface area contributed by atoms with Gasteiger partial charge in [0, 0.05) is 13.2 Å². The highest BCUT2D eigenvalue weighted by Gasteiger charge is 1.93. The maximum absolute atomic E-state index is 6.91. The van der Waals surface area contributed by atoms with Crippen LogP contribution in [-0.2, 0) is 0 Å². The van der Waals surface area contributed by atoms with Gasteiger partial charge in [0.15, 0.2) is 0 Å². The van der Waals surface area contributed by atoms with Crippen LogP contribution in [0.4, 0.5) is 5.82 Å². The molecule has 0 fully saturated rings. The Morgan fingerprint density at radius 1 is 1.60 bits per heavy atom. The third kappa shape index (κ3) is 1.31. The van der Waals surface area contributed by atoms with E-state index in [2.05, 4.69) is 4.98 Å². The van der Waals surface area contributed by atoms with Gasteiger partial charge in [0.2, 0.25) is 0 Å². The van der Waals surface area contributed by atoms with Crippen LogP contribution in [0.15, 0.2) is 24.4 Å². The minimum atomic E-state index is 0.789. The van der Waals surface area contributed by atoms with Crippen LogP contribution in [0.3, 0.4) is 0 Å². The molecule has 1 rings (SSSR count). The largest absolute Gasteiger partial charge is 0.321 e. The van der Waals surface area contributed by atoms with Crippen LogP contribution in [0.1, 0.15) is 0 Å². The first kappa shape index (κ1) is 6.74. The van der Waals surface area contributed by atoms with Crippen molar-refractivity contribution in [3.63, 3.8) is 0 Å². The Labute approximate surface area is 59.8 Å². The molecule has 0 amide bonds. The van der Waals surface area contributed by atoms with E-state index < -0.39 is 0 Å². The summed E-state index contributed by atoms with van der Waals surface area (Å²) in [5.41, 5.74) is 0. The van der Waals surface area contributed by atoms with Crippen molar-refractivity contribution >= 4 is 12.2 Å². The van der Waals surface area contributed by atoms with Gasteiger partial charge in [-0.25, -0.2) is 4.98 Å². The number of hydrogen-bond donors (Lipinski definition) is 1. The quantitative estimate of drug-likeness (QED) is 0.487. The normalized spacial score (nSPS) is 8.90. The summed E-state index contributed by atoms with van der Waals surface area (Å²) in [5.74, 6) is 0.789. The molecule has 0 aliphatic carbocycles. The van der Waals surface area contributed by atoms with Crippen LogP contribution in [0, 0.1) is 5.41 Å².